The molecule has 0 saturated heterocycles. The van der Waals surface area contributed by atoms with Crippen LogP contribution in [-0.2, 0) is 16.1 Å². The summed E-state index contributed by atoms with van der Waals surface area (Å²) in [6, 6.07) is 14.2. The zero-order valence-electron chi connectivity index (χ0n) is 18.6. The number of nitrogens with one attached hydrogen (secondary N) is 1. The molecular weight excluding hydrogens is 460 g/mol. The molecule has 2 aromatic carbocycles. The van der Waals surface area contributed by atoms with Crippen LogP contribution in [0.15, 0.2) is 53.0 Å². The Balaban J connectivity index is 2.20. The number of hydrogen-bond donors (Lipinski definition) is 1. The van der Waals surface area contributed by atoms with Gasteiger partial charge in [0.05, 0.1) is 7.11 Å². The van der Waals surface area contributed by atoms with E-state index in [1.807, 2.05) is 57.2 Å². The highest BCUT2D eigenvalue weighted by atomic mass is 79.9. The molecule has 1 N–H and O–H groups in total. The molecule has 0 radical (unpaired) electrons. The number of nitrogens with zero attached hydrogens (tertiary/aromatic N) is 1. The lowest BCUT2D eigenvalue weighted by atomic mass is 10.1. The van der Waals surface area contributed by atoms with Crippen LogP contribution in [0, 0.1) is 0 Å². The number of ether oxygens (including phenoxy) is 2. The van der Waals surface area contributed by atoms with Gasteiger partial charge >= 0.3 is 0 Å². The minimum Gasteiger partial charge on any atom is -0.497 e. The number of halogens is 1. The standard InChI is InChI=1S/C24H31BrN2O4/c1-5-17(3)26-24(29)22(6-2)27(15-18-7-11-20(30-4)12-8-18)23(28)16-31-21-13-9-19(25)10-14-21/h7-14,17,22H,5-6,15-16H2,1-4H3,(H,26,29)/t17-,22+/m0/s1. The summed E-state index contributed by atoms with van der Waals surface area (Å²) < 4.78 is 11.8. The molecule has 2 atom stereocenters. The molecule has 168 valence electrons. The summed E-state index contributed by atoms with van der Waals surface area (Å²) in [5.74, 6) is 0.937. The molecule has 0 aliphatic heterocycles. The summed E-state index contributed by atoms with van der Waals surface area (Å²) in [6.07, 6.45) is 1.32. The van der Waals surface area contributed by atoms with E-state index >= 15 is 0 Å². The molecule has 0 fully saturated rings. The van der Waals surface area contributed by atoms with Gasteiger partial charge in [0, 0.05) is 17.1 Å². The van der Waals surface area contributed by atoms with E-state index in [2.05, 4.69) is 21.2 Å². The first-order valence-electron chi connectivity index (χ1n) is 10.5. The molecule has 0 aliphatic carbocycles. The molecule has 0 saturated carbocycles. The molecule has 0 aromatic heterocycles. The molecule has 2 amide bonds. The van der Waals surface area contributed by atoms with Gasteiger partial charge in [0.25, 0.3) is 5.91 Å². The maximum Gasteiger partial charge on any atom is 0.261 e. The van der Waals surface area contributed by atoms with Gasteiger partial charge in [-0.3, -0.25) is 9.59 Å². The van der Waals surface area contributed by atoms with Gasteiger partial charge in [0.1, 0.15) is 17.5 Å². The number of amides is 2. The highest BCUT2D eigenvalue weighted by molar-refractivity contribution is 9.10. The topological polar surface area (TPSA) is 67.9 Å². The smallest absolute Gasteiger partial charge is 0.261 e. The second kappa shape index (κ2) is 12.3. The zero-order valence-corrected chi connectivity index (χ0v) is 20.1. The Morgan fingerprint density at radius 3 is 2.16 bits per heavy atom. The molecule has 2 rings (SSSR count). The van der Waals surface area contributed by atoms with Crippen LogP contribution < -0.4 is 14.8 Å². The van der Waals surface area contributed by atoms with Gasteiger partial charge in [0.15, 0.2) is 6.61 Å². The van der Waals surface area contributed by atoms with Crippen LogP contribution in [0.2, 0.25) is 0 Å². The Bertz CT molecular complexity index is 840. The van der Waals surface area contributed by atoms with E-state index in [1.165, 1.54) is 0 Å². The fraction of sp³-hybridized carbons (Fsp3) is 0.417. The van der Waals surface area contributed by atoms with Gasteiger partial charge in [-0.25, -0.2) is 0 Å². The number of carbonyl (C=O) groups excluding carboxylic acids is 2. The SMILES string of the molecule is CC[C@H](C(=O)N[C@@H](C)CC)N(Cc1ccc(OC)cc1)C(=O)COc1ccc(Br)cc1. The van der Waals surface area contributed by atoms with Gasteiger partial charge in [-0.05, 0) is 61.7 Å². The van der Waals surface area contributed by atoms with E-state index in [4.69, 9.17) is 9.47 Å². The van der Waals surface area contributed by atoms with Gasteiger partial charge in [-0.2, -0.15) is 0 Å². The molecule has 2 aromatic rings. The van der Waals surface area contributed by atoms with E-state index in [0.717, 1.165) is 22.2 Å². The van der Waals surface area contributed by atoms with Crippen LogP contribution in [0.5, 0.6) is 11.5 Å². The first-order valence-corrected chi connectivity index (χ1v) is 11.3. The fourth-order valence-electron chi connectivity index (χ4n) is 3.05. The number of rotatable bonds is 11. The molecule has 0 aliphatic rings. The van der Waals surface area contributed by atoms with Crippen LogP contribution in [0.3, 0.4) is 0 Å². The molecule has 7 heteroatoms. The lowest BCUT2D eigenvalue weighted by Gasteiger charge is -2.31. The molecule has 0 heterocycles. The van der Waals surface area contributed by atoms with Crippen molar-refractivity contribution in [3.8, 4) is 11.5 Å². The number of benzene rings is 2. The van der Waals surface area contributed by atoms with E-state index < -0.39 is 6.04 Å². The summed E-state index contributed by atoms with van der Waals surface area (Å²) in [7, 11) is 1.61. The lowest BCUT2D eigenvalue weighted by Crippen LogP contribution is -2.51. The minimum absolute atomic E-state index is 0.0403. The number of methoxy groups -OCH3 is 1. The molecular formula is C24H31BrN2O4. The van der Waals surface area contributed by atoms with Crippen molar-refractivity contribution < 1.29 is 19.1 Å². The van der Waals surface area contributed by atoms with Crippen molar-refractivity contribution in [2.24, 2.45) is 0 Å². The van der Waals surface area contributed by atoms with Crippen LogP contribution >= 0.6 is 15.9 Å². The van der Waals surface area contributed by atoms with Gasteiger partial charge in [0.2, 0.25) is 5.91 Å². The Labute approximate surface area is 193 Å². The summed E-state index contributed by atoms with van der Waals surface area (Å²) in [6.45, 7) is 6.03. The van der Waals surface area contributed by atoms with Crippen molar-refractivity contribution in [3.05, 3.63) is 58.6 Å². The van der Waals surface area contributed by atoms with E-state index in [0.29, 0.717) is 18.7 Å². The van der Waals surface area contributed by atoms with E-state index in [1.54, 1.807) is 24.1 Å². The summed E-state index contributed by atoms with van der Waals surface area (Å²) >= 11 is 3.38. The predicted molar refractivity (Wildman–Crippen MR) is 125 cm³/mol. The Kier molecular flexibility index (Phi) is 9.85. The van der Waals surface area contributed by atoms with Crippen molar-refractivity contribution in [3.63, 3.8) is 0 Å². The maximum atomic E-state index is 13.2. The third-order valence-electron chi connectivity index (χ3n) is 5.07. The monoisotopic (exact) mass is 490 g/mol. The van der Waals surface area contributed by atoms with Crippen LogP contribution in [-0.4, -0.2) is 42.5 Å². The summed E-state index contributed by atoms with van der Waals surface area (Å²) in [5.41, 5.74) is 0.910. The maximum absolute atomic E-state index is 13.2. The van der Waals surface area contributed by atoms with Gasteiger partial charge in [-0.15, -0.1) is 0 Å². The number of carbonyl (C=O) groups is 2. The fourth-order valence-corrected chi connectivity index (χ4v) is 3.31. The molecule has 31 heavy (non-hydrogen) atoms. The zero-order chi connectivity index (χ0) is 22.8. The average Bonchev–Trinajstić information content (AvgIpc) is 2.78. The first-order chi connectivity index (χ1) is 14.9. The highest BCUT2D eigenvalue weighted by Crippen LogP contribution is 2.19. The molecule has 0 spiro atoms. The van der Waals surface area contributed by atoms with Crippen molar-refractivity contribution in [1.82, 2.24) is 10.2 Å². The molecule has 0 unspecified atom stereocenters. The second-order valence-electron chi connectivity index (χ2n) is 7.35. The first kappa shape index (κ1) is 24.7. The van der Waals surface area contributed by atoms with Crippen molar-refractivity contribution in [2.45, 2.75) is 52.2 Å². The molecule has 0 bridgehead atoms. The summed E-state index contributed by atoms with van der Waals surface area (Å²) in [5, 5.41) is 3.00. The summed E-state index contributed by atoms with van der Waals surface area (Å²) in [4.78, 5) is 27.7. The Morgan fingerprint density at radius 2 is 1.61 bits per heavy atom. The predicted octanol–water partition coefficient (Wildman–Crippen LogP) is 4.56. The van der Waals surface area contributed by atoms with E-state index in [9.17, 15) is 9.59 Å². The third kappa shape index (κ3) is 7.58. The Morgan fingerprint density at radius 1 is 1.00 bits per heavy atom. The largest absolute Gasteiger partial charge is 0.497 e. The lowest BCUT2D eigenvalue weighted by molar-refractivity contribution is -0.143. The quantitative estimate of drug-likeness (QED) is 0.501. The third-order valence-corrected chi connectivity index (χ3v) is 5.60. The van der Waals surface area contributed by atoms with Crippen LogP contribution in [0.25, 0.3) is 0 Å². The van der Waals surface area contributed by atoms with Gasteiger partial charge in [-0.1, -0.05) is 41.9 Å². The second-order valence-corrected chi connectivity index (χ2v) is 8.27. The van der Waals surface area contributed by atoms with Crippen LogP contribution in [0.1, 0.15) is 39.2 Å². The van der Waals surface area contributed by atoms with Gasteiger partial charge < -0.3 is 19.7 Å². The normalized spacial score (nSPS) is 12.5. The minimum atomic E-state index is -0.586. The Hall–Kier alpha value is -2.54. The number of hydrogen-bond acceptors (Lipinski definition) is 4. The van der Waals surface area contributed by atoms with E-state index in [-0.39, 0.29) is 24.5 Å². The average molecular weight is 491 g/mol. The van der Waals surface area contributed by atoms with Crippen LogP contribution in [0.4, 0.5) is 0 Å². The highest BCUT2D eigenvalue weighted by Gasteiger charge is 2.29. The van der Waals surface area contributed by atoms with Crippen molar-refractivity contribution in [2.75, 3.05) is 13.7 Å². The van der Waals surface area contributed by atoms with Crippen molar-refractivity contribution >= 4 is 27.7 Å². The van der Waals surface area contributed by atoms with Crippen molar-refractivity contribution in [1.29, 1.82) is 0 Å². The molecule has 6 nitrogen and oxygen atoms in total.